The van der Waals surface area contributed by atoms with E-state index in [9.17, 15) is 5.11 Å². The molecule has 0 atom stereocenters. The summed E-state index contributed by atoms with van der Waals surface area (Å²) in [6.45, 7) is 0. The van der Waals surface area contributed by atoms with Crippen LogP contribution in [0.4, 0.5) is 0 Å². The van der Waals surface area contributed by atoms with Crippen LogP contribution in [0.2, 0.25) is 5.02 Å². The van der Waals surface area contributed by atoms with E-state index in [4.69, 9.17) is 11.6 Å². The third-order valence-corrected chi connectivity index (χ3v) is 4.68. The molecule has 0 bridgehead atoms. The molecule has 20 heavy (non-hydrogen) atoms. The first-order valence-electron chi connectivity index (χ1n) is 7.21. The molecule has 0 aliphatic heterocycles. The van der Waals surface area contributed by atoms with Crippen molar-refractivity contribution < 1.29 is 5.11 Å². The van der Waals surface area contributed by atoms with Crippen LogP contribution in [0.15, 0.2) is 54.6 Å². The zero-order chi connectivity index (χ0) is 14.0. The quantitative estimate of drug-likeness (QED) is 0.834. The van der Waals surface area contributed by atoms with Crippen LogP contribution >= 0.6 is 11.6 Å². The minimum Gasteiger partial charge on any atom is -0.385 e. The number of aliphatic hydroxyl groups is 1. The molecule has 0 saturated heterocycles. The van der Waals surface area contributed by atoms with Gasteiger partial charge in [-0.3, -0.25) is 0 Å². The number of rotatable bonds is 2. The van der Waals surface area contributed by atoms with Crippen LogP contribution in [-0.2, 0) is 5.60 Å². The van der Waals surface area contributed by atoms with E-state index in [1.165, 1.54) is 5.56 Å². The first kappa shape index (κ1) is 13.7. The third kappa shape index (κ3) is 2.74. The highest BCUT2D eigenvalue weighted by Crippen LogP contribution is 2.43. The van der Waals surface area contributed by atoms with Crippen molar-refractivity contribution in [2.24, 2.45) is 0 Å². The van der Waals surface area contributed by atoms with Crippen LogP contribution < -0.4 is 0 Å². The zero-order valence-electron chi connectivity index (χ0n) is 11.4. The van der Waals surface area contributed by atoms with Gasteiger partial charge in [-0.15, -0.1) is 0 Å². The lowest BCUT2D eigenvalue weighted by Gasteiger charge is -2.36. The molecule has 1 fully saturated rings. The van der Waals surface area contributed by atoms with Gasteiger partial charge in [0.2, 0.25) is 0 Å². The fraction of sp³-hybridized carbons (Fsp3) is 0.333. The molecule has 0 spiro atoms. The molecular formula is C18H19ClO. The highest BCUT2D eigenvalue weighted by atomic mass is 35.5. The van der Waals surface area contributed by atoms with Gasteiger partial charge in [-0.05, 0) is 54.9 Å². The molecule has 3 rings (SSSR count). The first-order chi connectivity index (χ1) is 9.67. The smallest absolute Gasteiger partial charge is 0.0897 e. The predicted octanol–water partition coefficient (Wildman–Crippen LogP) is 4.89. The summed E-state index contributed by atoms with van der Waals surface area (Å²) in [6, 6.07) is 18.2. The zero-order valence-corrected chi connectivity index (χ0v) is 12.2. The summed E-state index contributed by atoms with van der Waals surface area (Å²) in [5.74, 6) is 0.565. The lowest BCUT2D eigenvalue weighted by molar-refractivity contribution is -0.00565. The van der Waals surface area contributed by atoms with E-state index in [2.05, 4.69) is 30.3 Å². The Hall–Kier alpha value is -1.31. The predicted molar refractivity (Wildman–Crippen MR) is 83.0 cm³/mol. The molecule has 1 aliphatic carbocycles. The van der Waals surface area contributed by atoms with Crippen molar-refractivity contribution in [3.63, 3.8) is 0 Å². The summed E-state index contributed by atoms with van der Waals surface area (Å²) in [6.07, 6.45) is 3.64. The SMILES string of the molecule is OC1(c2cccc(Cl)c2)CCC(c2ccccc2)CC1. The van der Waals surface area contributed by atoms with Gasteiger partial charge in [0.15, 0.2) is 0 Å². The molecule has 2 heteroatoms. The van der Waals surface area contributed by atoms with E-state index in [0.717, 1.165) is 31.2 Å². The standard InChI is InChI=1S/C18H19ClO/c19-17-8-4-7-16(13-17)18(20)11-9-15(10-12-18)14-5-2-1-3-6-14/h1-8,13,15,20H,9-12H2. The molecule has 0 unspecified atom stereocenters. The second kappa shape index (κ2) is 5.59. The van der Waals surface area contributed by atoms with Crippen molar-refractivity contribution in [3.8, 4) is 0 Å². The van der Waals surface area contributed by atoms with Gasteiger partial charge in [-0.25, -0.2) is 0 Å². The van der Waals surface area contributed by atoms with Crippen molar-refractivity contribution in [3.05, 3.63) is 70.7 Å². The Morgan fingerprint density at radius 2 is 1.65 bits per heavy atom. The number of hydrogen-bond donors (Lipinski definition) is 1. The highest BCUT2D eigenvalue weighted by Gasteiger charge is 2.35. The molecule has 0 radical (unpaired) electrons. The molecule has 1 N–H and O–H groups in total. The molecular weight excluding hydrogens is 268 g/mol. The number of halogens is 1. The average Bonchev–Trinajstić information content (AvgIpc) is 2.49. The third-order valence-electron chi connectivity index (χ3n) is 4.45. The monoisotopic (exact) mass is 286 g/mol. The fourth-order valence-corrected chi connectivity index (χ4v) is 3.41. The van der Waals surface area contributed by atoms with E-state index < -0.39 is 5.60 Å². The van der Waals surface area contributed by atoms with Gasteiger partial charge in [0, 0.05) is 5.02 Å². The second-order valence-electron chi connectivity index (χ2n) is 5.73. The van der Waals surface area contributed by atoms with Gasteiger partial charge in [-0.2, -0.15) is 0 Å². The van der Waals surface area contributed by atoms with Crippen molar-refractivity contribution in [2.45, 2.75) is 37.2 Å². The van der Waals surface area contributed by atoms with Crippen LogP contribution in [0.5, 0.6) is 0 Å². The lowest BCUT2D eigenvalue weighted by Crippen LogP contribution is -2.30. The van der Waals surface area contributed by atoms with Gasteiger partial charge in [0.05, 0.1) is 5.60 Å². The summed E-state index contributed by atoms with van der Waals surface area (Å²) in [4.78, 5) is 0. The number of benzene rings is 2. The van der Waals surface area contributed by atoms with E-state index in [0.29, 0.717) is 10.9 Å². The van der Waals surface area contributed by atoms with Crippen molar-refractivity contribution in [1.82, 2.24) is 0 Å². The van der Waals surface area contributed by atoms with Gasteiger partial charge < -0.3 is 5.11 Å². The molecule has 0 heterocycles. The Balaban J connectivity index is 1.75. The van der Waals surface area contributed by atoms with Crippen LogP contribution in [-0.4, -0.2) is 5.11 Å². The lowest BCUT2D eigenvalue weighted by atomic mass is 9.73. The minimum atomic E-state index is -0.712. The van der Waals surface area contributed by atoms with E-state index in [1.807, 2.05) is 24.3 Å². The maximum Gasteiger partial charge on any atom is 0.0897 e. The van der Waals surface area contributed by atoms with Gasteiger partial charge in [0.25, 0.3) is 0 Å². The van der Waals surface area contributed by atoms with Crippen LogP contribution in [0.1, 0.15) is 42.7 Å². The van der Waals surface area contributed by atoms with Gasteiger partial charge >= 0.3 is 0 Å². The van der Waals surface area contributed by atoms with Gasteiger partial charge in [0.1, 0.15) is 0 Å². The molecule has 2 aromatic carbocycles. The largest absolute Gasteiger partial charge is 0.385 e. The Kier molecular flexibility index (Phi) is 3.82. The molecule has 2 aromatic rings. The summed E-state index contributed by atoms with van der Waals surface area (Å²) >= 11 is 6.04. The maximum absolute atomic E-state index is 10.9. The Morgan fingerprint density at radius 3 is 2.30 bits per heavy atom. The second-order valence-corrected chi connectivity index (χ2v) is 6.16. The Labute approximate surface area is 125 Å². The molecule has 0 aromatic heterocycles. The Morgan fingerprint density at radius 1 is 0.950 bits per heavy atom. The van der Waals surface area contributed by atoms with Crippen LogP contribution in [0, 0.1) is 0 Å². The van der Waals surface area contributed by atoms with Crippen LogP contribution in [0.3, 0.4) is 0 Å². The summed E-state index contributed by atoms with van der Waals surface area (Å²) in [5.41, 5.74) is 1.63. The van der Waals surface area contributed by atoms with Crippen molar-refractivity contribution >= 4 is 11.6 Å². The summed E-state index contributed by atoms with van der Waals surface area (Å²) < 4.78 is 0. The molecule has 1 saturated carbocycles. The average molecular weight is 287 g/mol. The first-order valence-corrected chi connectivity index (χ1v) is 7.58. The van der Waals surface area contributed by atoms with E-state index in [1.54, 1.807) is 0 Å². The summed E-state index contributed by atoms with van der Waals surface area (Å²) in [5, 5.41) is 11.6. The summed E-state index contributed by atoms with van der Waals surface area (Å²) in [7, 11) is 0. The minimum absolute atomic E-state index is 0.565. The molecule has 104 valence electrons. The van der Waals surface area contributed by atoms with E-state index in [-0.39, 0.29) is 0 Å². The van der Waals surface area contributed by atoms with Crippen molar-refractivity contribution in [1.29, 1.82) is 0 Å². The molecule has 0 amide bonds. The Bertz CT molecular complexity index is 571. The van der Waals surface area contributed by atoms with Crippen LogP contribution in [0.25, 0.3) is 0 Å². The maximum atomic E-state index is 10.9. The molecule has 1 nitrogen and oxygen atoms in total. The van der Waals surface area contributed by atoms with Gasteiger partial charge in [-0.1, -0.05) is 54.1 Å². The topological polar surface area (TPSA) is 20.2 Å². The highest BCUT2D eigenvalue weighted by molar-refractivity contribution is 6.30. The number of hydrogen-bond acceptors (Lipinski definition) is 1. The normalized spacial score (nSPS) is 26.4. The van der Waals surface area contributed by atoms with E-state index >= 15 is 0 Å². The molecule has 1 aliphatic rings. The fourth-order valence-electron chi connectivity index (χ4n) is 3.22. The van der Waals surface area contributed by atoms with Crippen molar-refractivity contribution in [2.75, 3.05) is 0 Å².